The largest absolute Gasteiger partial charge is 0.272 e. The molecule has 0 saturated heterocycles. The van der Waals surface area contributed by atoms with Crippen LogP contribution in [0.4, 0.5) is 0 Å². The van der Waals surface area contributed by atoms with E-state index in [-0.39, 0.29) is 5.92 Å². The van der Waals surface area contributed by atoms with Gasteiger partial charge in [-0.05, 0) is 46.2 Å². The fourth-order valence-corrected chi connectivity index (χ4v) is 3.27. The van der Waals surface area contributed by atoms with Gasteiger partial charge in [0.25, 0.3) is 0 Å². The van der Waals surface area contributed by atoms with Gasteiger partial charge >= 0.3 is 0 Å². The van der Waals surface area contributed by atoms with Crippen LogP contribution in [0.25, 0.3) is 5.69 Å². The maximum atomic E-state index is 5.47. The van der Waals surface area contributed by atoms with Gasteiger partial charge in [0.2, 0.25) is 0 Å². The second-order valence-electron chi connectivity index (χ2n) is 5.49. The van der Waals surface area contributed by atoms with Crippen LogP contribution in [0, 0.1) is 4.77 Å². The molecule has 0 aliphatic rings. The number of hydrogen-bond acceptors (Lipinski definition) is 3. The summed E-state index contributed by atoms with van der Waals surface area (Å²) in [4.78, 5) is 0. The number of rotatable bonds is 5. The molecule has 0 aliphatic carbocycles. The Bertz CT molecular complexity index is 863. The Kier molecular flexibility index (Phi) is 4.77. The summed E-state index contributed by atoms with van der Waals surface area (Å²) in [6.45, 7) is 5.01. The Hall–Kier alpha value is -1.73. The van der Waals surface area contributed by atoms with E-state index in [2.05, 4.69) is 63.3 Å². The molecular formula is C16H18BrN5S. The molecule has 1 unspecified atom stereocenters. The Balaban J connectivity index is 2.00. The minimum Gasteiger partial charge on any atom is -0.272 e. The third-order valence-electron chi connectivity index (χ3n) is 3.82. The number of halogens is 1. The molecule has 3 rings (SSSR count). The van der Waals surface area contributed by atoms with E-state index in [9.17, 15) is 0 Å². The van der Waals surface area contributed by atoms with Crippen LogP contribution in [0.2, 0.25) is 0 Å². The van der Waals surface area contributed by atoms with Crippen LogP contribution < -0.4 is 0 Å². The second-order valence-corrected chi connectivity index (χ2v) is 6.79. The van der Waals surface area contributed by atoms with Gasteiger partial charge in [0.15, 0.2) is 4.77 Å². The van der Waals surface area contributed by atoms with Gasteiger partial charge in [-0.15, -0.1) is 0 Å². The van der Waals surface area contributed by atoms with Gasteiger partial charge in [-0.3, -0.25) is 14.3 Å². The predicted molar refractivity (Wildman–Crippen MR) is 96.5 cm³/mol. The molecule has 1 atom stereocenters. The number of aryl methyl sites for hydroxylation is 1. The maximum absolute atomic E-state index is 5.47. The van der Waals surface area contributed by atoms with Crippen molar-refractivity contribution < 1.29 is 0 Å². The van der Waals surface area contributed by atoms with E-state index in [1.54, 1.807) is 6.20 Å². The van der Waals surface area contributed by atoms with E-state index in [0.717, 1.165) is 29.0 Å². The molecule has 3 aromatic rings. The van der Waals surface area contributed by atoms with E-state index in [0.29, 0.717) is 4.77 Å². The van der Waals surface area contributed by atoms with Crippen molar-refractivity contribution in [1.29, 1.82) is 0 Å². The number of benzene rings is 1. The lowest BCUT2D eigenvalue weighted by Crippen LogP contribution is -2.13. The summed E-state index contributed by atoms with van der Waals surface area (Å²) >= 11 is 8.89. The van der Waals surface area contributed by atoms with Gasteiger partial charge < -0.3 is 0 Å². The number of nitrogens with zero attached hydrogens (tertiary/aromatic N) is 4. The molecule has 0 amide bonds. The summed E-state index contributed by atoms with van der Waals surface area (Å²) < 4.78 is 5.54. The average Bonchev–Trinajstić information content (AvgIpc) is 3.13. The highest BCUT2D eigenvalue weighted by atomic mass is 79.9. The van der Waals surface area contributed by atoms with Gasteiger partial charge in [-0.25, -0.2) is 0 Å². The minimum absolute atomic E-state index is 0.166. The second kappa shape index (κ2) is 6.80. The highest BCUT2D eigenvalue weighted by molar-refractivity contribution is 9.10. The quantitative estimate of drug-likeness (QED) is 0.661. The van der Waals surface area contributed by atoms with Crippen molar-refractivity contribution in [2.45, 2.75) is 32.7 Å². The molecule has 0 saturated carbocycles. The summed E-state index contributed by atoms with van der Waals surface area (Å²) in [6.07, 6.45) is 4.70. The van der Waals surface area contributed by atoms with Crippen molar-refractivity contribution in [1.82, 2.24) is 24.5 Å². The Labute approximate surface area is 148 Å². The summed E-state index contributed by atoms with van der Waals surface area (Å²) in [5, 5.41) is 11.7. The molecule has 2 heterocycles. The van der Waals surface area contributed by atoms with Gasteiger partial charge in [-0.2, -0.15) is 10.2 Å². The molecule has 0 aliphatic heterocycles. The van der Waals surface area contributed by atoms with Crippen molar-refractivity contribution in [3.8, 4) is 5.69 Å². The van der Waals surface area contributed by atoms with Crippen LogP contribution in [0.15, 0.2) is 41.1 Å². The van der Waals surface area contributed by atoms with Gasteiger partial charge in [0.05, 0.1) is 22.9 Å². The molecule has 0 spiro atoms. The van der Waals surface area contributed by atoms with E-state index in [1.807, 2.05) is 21.5 Å². The van der Waals surface area contributed by atoms with E-state index in [4.69, 9.17) is 12.2 Å². The van der Waals surface area contributed by atoms with Crippen LogP contribution in [-0.4, -0.2) is 24.5 Å². The van der Waals surface area contributed by atoms with Gasteiger partial charge in [0.1, 0.15) is 5.82 Å². The van der Waals surface area contributed by atoms with Crippen molar-refractivity contribution in [3.05, 3.63) is 57.3 Å². The van der Waals surface area contributed by atoms with Gasteiger partial charge in [-0.1, -0.05) is 32.0 Å². The molecule has 0 fully saturated rings. The molecule has 2 aromatic heterocycles. The number of nitrogens with one attached hydrogen (secondary N) is 1. The number of hydrogen-bond donors (Lipinski definition) is 1. The Morgan fingerprint density at radius 3 is 2.83 bits per heavy atom. The molecule has 120 valence electrons. The van der Waals surface area contributed by atoms with E-state index < -0.39 is 0 Å². The number of para-hydroxylation sites is 1. The van der Waals surface area contributed by atoms with Crippen LogP contribution in [0.5, 0.6) is 0 Å². The molecule has 1 N–H and O–H groups in total. The lowest BCUT2D eigenvalue weighted by atomic mass is 10.1. The first-order chi connectivity index (χ1) is 11.1. The van der Waals surface area contributed by atoms with E-state index in [1.165, 1.54) is 5.56 Å². The zero-order chi connectivity index (χ0) is 16.4. The fourth-order valence-electron chi connectivity index (χ4n) is 2.70. The lowest BCUT2D eigenvalue weighted by Gasteiger charge is -2.15. The van der Waals surface area contributed by atoms with Crippen LogP contribution in [-0.2, 0) is 13.0 Å². The average molecular weight is 392 g/mol. The molecule has 5 nitrogen and oxygen atoms in total. The van der Waals surface area contributed by atoms with E-state index >= 15 is 0 Å². The van der Waals surface area contributed by atoms with Crippen molar-refractivity contribution in [3.63, 3.8) is 0 Å². The summed E-state index contributed by atoms with van der Waals surface area (Å²) in [5.74, 6) is 1.09. The van der Waals surface area contributed by atoms with Crippen LogP contribution in [0.3, 0.4) is 0 Å². The molecule has 7 heteroatoms. The topological polar surface area (TPSA) is 51.4 Å². The highest BCUT2D eigenvalue weighted by Gasteiger charge is 2.18. The van der Waals surface area contributed by atoms with Crippen molar-refractivity contribution in [2.75, 3.05) is 0 Å². The van der Waals surface area contributed by atoms with Crippen molar-refractivity contribution in [2.24, 2.45) is 0 Å². The molecule has 0 radical (unpaired) electrons. The zero-order valence-corrected chi connectivity index (χ0v) is 15.4. The molecule has 0 bridgehead atoms. The summed E-state index contributed by atoms with van der Waals surface area (Å²) in [6, 6.07) is 8.30. The molecular weight excluding hydrogens is 374 g/mol. The SMILES string of the molecule is CCc1ccccc1-n1c(C(C)Cn2cc(Br)cn2)n[nH]c1=S. The summed E-state index contributed by atoms with van der Waals surface area (Å²) in [7, 11) is 0. The summed E-state index contributed by atoms with van der Waals surface area (Å²) in [5.41, 5.74) is 2.34. The minimum atomic E-state index is 0.166. The number of H-pyrrole nitrogens is 1. The molecule has 23 heavy (non-hydrogen) atoms. The monoisotopic (exact) mass is 391 g/mol. The Morgan fingerprint density at radius 1 is 1.35 bits per heavy atom. The first kappa shape index (κ1) is 16.1. The predicted octanol–water partition coefficient (Wildman–Crippen LogP) is 4.25. The highest BCUT2D eigenvalue weighted by Crippen LogP contribution is 2.23. The third kappa shape index (κ3) is 3.30. The zero-order valence-electron chi connectivity index (χ0n) is 13.0. The van der Waals surface area contributed by atoms with Crippen LogP contribution in [0.1, 0.15) is 31.2 Å². The van der Waals surface area contributed by atoms with Crippen molar-refractivity contribution >= 4 is 28.1 Å². The smallest absolute Gasteiger partial charge is 0.199 e. The number of aromatic amines is 1. The van der Waals surface area contributed by atoms with Crippen LogP contribution >= 0.6 is 28.1 Å². The van der Waals surface area contributed by atoms with Gasteiger partial charge in [0, 0.05) is 12.1 Å². The lowest BCUT2D eigenvalue weighted by molar-refractivity contribution is 0.518. The standard InChI is InChI=1S/C16H18BrN5S/c1-3-12-6-4-5-7-14(12)22-15(19-20-16(22)23)11(2)9-21-10-13(17)8-18-21/h4-8,10-11H,3,9H2,1-2H3,(H,20,23). The maximum Gasteiger partial charge on any atom is 0.199 e. The third-order valence-corrected chi connectivity index (χ3v) is 4.50. The fraction of sp³-hybridized carbons (Fsp3) is 0.312. The Morgan fingerprint density at radius 2 is 2.13 bits per heavy atom. The first-order valence-electron chi connectivity index (χ1n) is 7.53. The number of aromatic nitrogens is 5. The molecule has 1 aromatic carbocycles. The normalized spacial score (nSPS) is 12.5. The first-order valence-corrected chi connectivity index (χ1v) is 8.73.